The van der Waals surface area contributed by atoms with Crippen molar-refractivity contribution in [2.24, 2.45) is 50.2 Å². The van der Waals surface area contributed by atoms with E-state index in [-0.39, 0.29) is 61.8 Å². The highest BCUT2D eigenvalue weighted by Crippen LogP contribution is 2.75. The lowest BCUT2D eigenvalue weighted by atomic mass is 9.33. The van der Waals surface area contributed by atoms with Crippen LogP contribution in [0.3, 0.4) is 0 Å². The van der Waals surface area contributed by atoms with Crippen molar-refractivity contribution in [3.05, 3.63) is 11.6 Å². The van der Waals surface area contributed by atoms with Gasteiger partial charge in [0.05, 0.1) is 17.4 Å². The first-order chi connectivity index (χ1) is 16.5. The average molecular weight is 562 g/mol. The zero-order valence-electron chi connectivity index (χ0n) is 23.6. The van der Waals surface area contributed by atoms with Gasteiger partial charge in [0, 0.05) is 11.3 Å². The molecule has 5 aliphatic rings. The second-order valence-electron chi connectivity index (χ2n) is 15.0. The number of methoxy groups -OCH3 is 1. The van der Waals surface area contributed by atoms with Gasteiger partial charge in [0.1, 0.15) is 0 Å². The quantitative estimate of drug-likeness (QED) is 0.254. The molecule has 9 atom stereocenters. The Morgan fingerprint density at radius 1 is 0.944 bits per heavy atom. The Kier molecular flexibility index (Phi) is 5.76. The highest BCUT2D eigenvalue weighted by molar-refractivity contribution is 9.10. The molecule has 0 aromatic rings. The van der Waals surface area contributed by atoms with Crippen LogP contribution in [-0.4, -0.2) is 29.5 Å². The lowest BCUT2D eigenvalue weighted by molar-refractivity contribution is -0.187. The number of hydrogen-bond acceptors (Lipinski definition) is 4. The van der Waals surface area contributed by atoms with Gasteiger partial charge in [-0.3, -0.25) is 14.4 Å². The molecular formula is C31H45BrO4. The van der Waals surface area contributed by atoms with Crippen molar-refractivity contribution in [3.63, 3.8) is 0 Å². The van der Waals surface area contributed by atoms with Crippen LogP contribution in [0.5, 0.6) is 0 Å². The lowest BCUT2D eigenvalue weighted by Crippen LogP contribution is -2.67. The maximum absolute atomic E-state index is 14.4. The Labute approximate surface area is 225 Å². The van der Waals surface area contributed by atoms with Crippen LogP contribution in [0.1, 0.15) is 99.8 Å². The van der Waals surface area contributed by atoms with E-state index >= 15 is 0 Å². The molecule has 200 valence electrons. The summed E-state index contributed by atoms with van der Waals surface area (Å²) in [5.74, 6) is 0.764. The third kappa shape index (κ3) is 3.13. The molecule has 4 saturated carbocycles. The molecule has 5 rings (SSSR count). The van der Waals surface area contributed by atoms with Gasteiger partial charge in [-0.2, -0.15) is 0 Å². The summed E-state index contributed by atoms with van der Waals surface area (Å²) in [5, 5.41) is 0. The summed E-state index contributed by atoms with van der Waals surface area (Å²) >= 11 is 3.73. The van der Waals surface area contributed by atoms with Crippen LogP contribution in [0.15, 0.2) is 11.6 Å². The fourth-order valence-electron chi connectivity index (χ4n) is 10.5. The first-order valence-corrected chi connectivity index (χ1v) is 14.9. The van der Waals surface area contributed by atoms with Crippen molar-refractivity contribution in [2.75, 3.05) is 7.11 Å². The van der Waals surface area contributed by atoms with E-state index < -0.39 is 10.8 Å². The number of hydrogen-bond donors (Lipinski definition) is 0. The number of allylic oxidation sites excluding steroid dienone is 2. The number of carbonyl (C=O) groups excluding carboxylic acids is 3. The predicted molar refractivity (Wildman–Crippen MR) is 145 cm³/mol. The predicted octanol–water partition coefficient (Wildman–Crippen LogP) is 7.08. The van der Waals surface area contributed by atoms with Crippen LogP contribution < -0.4 is 0 Å². The van der Waals surface area contributed by atoms with Crippen LogP contribution in [0, 0.1) is 50.2 Å². The molecule has 0 N–H and O–H groups in total. The summed E-state index contributed by atoms with van der Waals surface area (Å²) in [6.45, 7) is 15.8. The van der Waals surface area contributed by atoms with Crippen LogP contribution >= 0.6 is 15.9 Å². The van der Waals surface area contributed by atoms with E-state index in [1.807, 2.05) is 6.08 Å². The molecule has 0 bridgehead atoms. The van der Waals surface area contributed by atoms with Gasteiger partial charge in [0.2, 0.25) is 0 Å². The molecular weight excluding hydrogens is 516 g/mol. The highest BCUT2D eigenvalue weighted by atomic mass is 79.9. The Hall–Kier alpha value is -0.970. The van der Waals surface area contributed by atoms with Gasteiger partial charge in [-0.05, 0) is 97.9 Å². The molecule has 9 unspecified atom stereocenters. The minimum Gasteiger partial charge on any atom is -0.469 e. The average Bonchev–Trinajstić information content (AvgIpc) is 2.79. The second-order valence-corrected chi connectivity index (χ2v) is 16.1. The molecule has 0 amide bonds. The van der Waals surface area contributed by atoms with E-state index in [9.17, 15) is 14.4 Å². The van der Waals surface area contributed by atoms with Gasteiger partial charge < -0.3 is 4.74 Å². The minimum atomic E-state index is -0.501. The number of rotatable bonds is 1. The first kappa shape index (κ1) is 26.6. The minimum absolute atomic E-state index is 0.0918. The molecule has 0 aromatic carbocycles. The van der Waals surface area contributed by atoms with E-state index in [0.717, 1.165) is 51.4 Å². The summed E-state index contributed by atoms with van der Waals surface area (Å²) < 4.78 is 5.25. The molecule has 4 fully saturated rings. The third-order valence-electron chi connectivity index (χ3n) is 12.9. The number of esters is 1. The normalized spacial score (nSPS) is 51.8. The maximum atomic E-state index is 14.4. The smallest absolute Gasteiger partial charge is 0.311 e. The largest absolute Gasteiger partial charge is 0.469 e. The van der Waals surface area contributed by atoms with Crippen molar-refractivity contribution in [3.8, 4) is 0 Å². The van der Waals surface area contributed by atoms with E-state index in [1.54, 1.807) is 0 Å². The van der Waals surface area contributed by atoms with Crippen LogP contribution in [0.25, 0.3) is 0 Å². The highest BCUT2D eigenvalue weighted by Gasteiger charge is 2.71. The van der Waals surface area contributed by atoms with Gasteiger partial charge in [-0.15, -0.1) is 0 Å². The fraction of sp³-hybridized carbons (Fsp3) is 0.839. The summed E-state index contributed by atoms with van der Waals surface area (Å²) in [5.41, 5.74) is -0.00477. The summed E-state index contributed by atoms with van der Waals surface area (Å²) in [6, 6.07) is 0. The molecule has 36 heavy (non-hydrogen) atoms. The van der Waals surface area contributed by atoms with Crippen LogP contribution in [0.2, 0.25) is 0 Å². The van der Waals surface area contributed by atoms with Crippen molar-refractivity contribution in [1.29, 1.82) is 0 Å². The number of carbonyl (C=O) groups is 3. The molecule has 0 aromatic heterocycles. The second kappa shape index (κ2) is 7.79. The number of halogens is 1. The van der Waals surface area contributed by atoms with Gasteiger partial charge in [0.25, 0.3) is 0 Å². The van der Waals surface area contributed by atoms with Crippen molar-refractivity contribution < 1.29 is 19.1 Å². The summed E-state index contributed by atoms with van der Waals surface area (Å²) in [4.78, 5) is 40.2. The molecule has 0 aliphatic heterocycles. The number of Topliss-reactive ketones (excluding diaryl/α,β-unsaturated/α-hetero) is 1. The van der Waals surface area contributed by atoms with E-state index in [2.05, 4.69) is 64.4 Å². The Morgan fingerprint density at radius 3 is 2.22 bits per heavy atom. The molecule has 0 radical (unpaired) electrons. The fourth-order valence-corrected chi connectivity index (χ4v) is 11.8. The number of alkyl halides is 1. The van der Waals surface area contributed by atoms with Gasteiger partial charge in [-0.25, -0.2) is 0 Å². The molecule has 0 heterocycles. The van der Waals surface area contributed by atoms with Gasteiger partial charge >= 0.3 is 5.97 Å². The Balaban J connectivity index is 1.63. The summed E-state index contributed by atoms with van der Waals surface area (Å²) in [6.07, 6.45) is 9.54. The van der Waals surface area contributed by atoms with Crippen molar-refractivity contribution in [1.82, 2.24) is 0 Å². The summed E-state index contributed by atoms with van der Waals surface area (Å²) in [7, 11) is 1.49. The molecule has 0 saturated heterocycles. The standard InChI is InChI=1S/C31H45BrO4/c1-26(2)22-9-10-31(7)23(29(22,5)17-20(32)24(26)34)21(33)15-18-19-16-28(4,25(35)36-8)12-11-27(19,3)13-14-30(18,31)6/h15,19-20,22-23H,9-14,16-17H2,1-8H3. The molecule has 5 aliphatic carbocycles. The number of ketones is 2. The SMILES string of the molecule is COC(=O)C1(C)CCC2(C)CCC3(C)C(=CC(=O)C4C5(C)CC(Br)C(=O)C(C)(C)C5CCC43C)C2C1. The topological polar surface area (TPSA) is 60.4 Å². The van der Waals surface area contributed by atoms with Gasteiger partial charge in [-0.1, -0.05) is 63.0 Å². The van der Waals surface area contributed by atoms with Crippen LogP contribution in [-0.2, 0) is 19.1 Å². The number of ether oxygens (including phenoxy) is 1. The van der Waals surface area contributed by atoms with Gasteiger partial charge in [0.15, 0.2) is 11.6 Å². The number of fused-ring (bicyclic) bond motifs is 7. The Bertz CT molecular complexity index is 1060. The zero-order chi connectivity index (χ0) is 26.7. The lowest BCUT2D eigenvalue weighted by Gasteiger charge is -2.70. The maximum Gasteiger partial charge on any atom is 0.311 e. The van der Waals surface area contributed by atoms with E-state index in [0.29, 0.717) is 0 Å². The molecule has 4 nitrogen and oxygen atoms in total. The third-order valence-corrected chi connectivity index (χ3v) is 13.7. The monoisotopic (exact) mass is 560 g/mol. The first-order valence-electron chi connectivity index (χ1n) is 14.0. The van der Waals surface area contributed by atoms with Crippen molar-refractivity contribution in [2.45, 2.75) is 105 Å². The molecule has 5 heteroatoms. The van der Waals surface area contributed by atoms with Crippen molar-refractivity contribution >= 4 is 33.5 Å². The Morgan fingerprint density at radius 2 is 1.58 bits per heavy atom. The van der Waals surface area contributed by atoms with Crippen LogP contribution in [0.4, 0.5) is 0 Å². The van der Waals surface area contributed by atoms with E-state index in [1.165, 1.54) is 12.7 Å². The zero-order valence-corrected chi connectivity index (χ0v) is 25.1. The molecule has 0 spiro atoms. The van der Waals surface area contributed by atoms with E-state index in [4.69, 9.17) is 4.74 Å².